The molecule has 0 aliphatic heterocycles. The number of hydrogen-bond acceptors (Lipinski definition) is 2. The first kappa shape index (κ1) is 14.6. The van der Waals surface area contributed by atoms with Gasteiger partial charge in [0.1, 0.15) is 12.4 Å². The topological polar surface area (TPSA) is 29.5 Å². The molecule has 0 aliphatic rings. The van der Waals surface area contributed by atoms with E-state index in [1.165, 1.54) is 0 Å². The van der Waals surface area contributed by atoms with Crippen LogP contribution in [0.15, 0.2) is 51.4 Å². The quantitative estimate of drug-likeness (QED) is 0.815. The Hall–Kier alpha value is -0.840. The van der Waals surface area contributed by atoms with E-state index in [9.17, 15) is 5.11 Å². The smallest absolute Gasteiger partial charge is 0.125 e. The molecule has 0 bridgehead atoms. The number of benzene rings is 2. The van der Waals surface area contributed by atoms with Gasteiger partial charge in [0.2, 0.25) is 0 Å². The molecule has 2 aromatic carbocycles. The number of hydrogen-bond donors (Lipinski definition) is 1. The molecule has 2 nitrogen and oxygen atoms in total. The number of halogens is 2. The van der Waals surface area contributed by atoms with Crippen LogP contribution in [-0.4, -0.2) is 5.11 Å². The highest BCUT2D eigenvalue weighted by molar-refractivity contribution is 9.10. The van der Waals surface area contributed by atoms with Crippen molar-refractivity contribution in [2.45, 2.75) is 19.6 Å². The first-order valence-electron chi connectivity index (χ1n) is 5.91. The Morgan fingerprint density at radius 3 is 2.58 bits per heavy atom. The molecule has 4 heteroatoms. The van der Waals surface area contributed by atoms with Gasteiger partial charge in [-0.3, -0.25) is 0 Å². The molecular weight excluding hydrogens is 372 g/mol. The summed E-state index contributed by atoms with van der Waals surface area (Å²) in [6, 6.07) is 13.6. The molecular formula is C15H14Br2O2. The van der Waals surface area contributed by atoms with Gasteiger partial charge in [-0.05, 0) is 31.2 Å². The minimum atomic E-state index is -0.563. The maximum atomic E-state index is 9.77. The van der Waals surface area contributed by atoms with Crippen LogP contribution in [0.5, 0.6) is 5.75 Å². The lowest BCUT2D eigenvalue weighted by atomic mass is 10.1. The number of aliphatic hydroxyl groups is 1. The molecule has 0 aliphatic carbocycles. The molecule has 0 radical (unpaired) electrons. The van der Waals surface area contributed by atoms with Crippen LogP contribution in [0, 0.1) is 0 Å². The van der Waals surface area contributed by atoms with Crippen molar-refractivity contribution < 1.29 is 9.84 Å². The maximum absolute atomic E-state index is 9.77. The van der Waals surface area contributed by atoms with Gasteiger partial charge < -0.3 is 9.84 Å². The van der Waals surface area contributed by atoms with Crippen molar-refractivity contribution in [2.75, 3.05) is 0 Å². The van der Waals surface area contributed by atoms with E-state index in [4.69, 9.17) is 4.74 Å². The van der Waals surface area contributed by atoms with Crippen LogP contribution in [0.1, 0.15) is 24.2 Å². The SMILES string of the molecule is CC(O)c1cc(Br)ccc1OCc1ccccc1Br. The largest absolute Gasteiger partial charge is 0.488 e. The fourth-order valence-corrected chi connectivity index (χ4v) is 2.53. The van der Waals surface area contributed by atoms with Gasteiger partial charge in [-0.1, -0.05) is 50.1 Å². The molecule has 2 aromatic rings. The standard InChI is InChI=1S/C15H14Br2O2/c1-10(18)13-8-12(16)6-7-15(13)19-9-11-4-2-3-5-14(11)17/h2-8,10,18H,9H2,1H3. The predicted octanol–water partition coefficient (Wildman–Crippen LogP) is 4.84. The summed E-state index contributed by atoms with van der Waals surface area (Å²) in [4.78, 5) is 0. The molecule has 1 atom stereocenters. The third-order valence-corrected chi connectivity index (χ3v) is 4.03. The average molecular weight is 386 g/mol. The van der Waals surface area contributed by atoms with Crippen LogP contribution < -0.4 is 4.74 Å². The molecule has 1 unspecified atom stereocenters. The van der Waals surface area contributed by atoms with E-state index in [-0.39, 0.29) is 0 Å². The zero-order valence-electron chi connectivity index (χ0n) is 10.4. The monoisotopic (exact) mass is 384 g/mol. The van der Waals surface area contributed by atoms with Gasteiger partial charge in [0, 0.05) is 20.1 Å². The predicted molar refractivity (Wildman–Crippen MR) is 83.2 cm³/mol. The van der Waals surface area contributed by atoms with E-state index in [1.54, 1.807) is 6.92 Å². The molecule has 100 valence electrons. The van der Waals surface area contributed by atoms with Crippen molar-refractivity contribution in [1.82, 2.24) is 0 Å². The third-order valence-electron chi connectivity index (χ3n) is 2.76. The highest BCUT2D eigenvalue weighted by Crippen LogP contribution is 2.29. The molecule has 0 saturated carbocycles. The summed E-state index contributed by atoms with van der Waals surface area (Å²) in [5.74, 6) is 0.703. The fourth-order valence-electron chi connectivity index (χ4n) is 1.75. The van der Waals surface area contributed by atoms with Crippen LogP contribution in [-0.2, 0) is 6.61 Å². The summed E-state index contributed by atoms with van der Waals surface area (Å²) in [6.07, 6.45) is -0.563. The second-order valence-corrected chi connectivity index (χ2v) is 6.01. The zero-order chi connectivity index (χ0) is 13.8. The molecule has 0 saturated heterocycles. The van der Waals surface area contributed by atoms with Gasteiger partial charge in [-0.15, -0.1) is 0 Å². The van der Waals surface area contributed by atoms with E-state index >= 15 is 0 Å². The van der Waals surface area contributed by atoms with Gasteiger partial charge in [0.25, 0.3) is 0 Å². The molecule has 2 rings (SSSR count). The second-order valence-electron chi connectivity index (χ2n) is 4.24. The molecule has 0 spiro atoms. The van der Waals surface area contributed by atoms with Crippen molar-refractivity contribution in [2.24, 2.45) is 0 Å². The molecule has 0 amide bonds. The average Bonchev–Trinajstić information content (AvgIpc) is 2.38. The van der Waals surface area contributed by atoms with E-state index in [1.807, 2.05) is 42.5 Å². The van der Waals surface area contributed by atoms with Crippen LogP contribution in [0.4, 0.5) is 0 Å². The maximum Gasteiger partial charge on any atom is 0.125 e. The van der Waals surface area contributed by atoms with E-state index in [2.05, 4.69) is 31.9 Å². The Labute approximate surface area is 129 Å². The van der Waals surface area contributed by atoms with Gasteiger partial charge in [-0.2, -0.15) is 0 Å². The Bertz CT molecular complexity index is 568. The van der Waals surface area contributed by atoms with Crippen molar-refractivity contribution in [3.05, 3.63) is 62.5 Å². The molecule has 0 fully saturated rings. The first-order valence-corrected chi connectivity index (χ1v) is 7.50. The van der Waals surface area contributed by atoms with E-state index in [0.29, 0.717) is 12.4 Å². The minimum Gasteiger partial charge on any atom is -0.488 e. The van der Waals surface area contributed by atoms with Crippen LogP contribution in [0.3, 0.4) is 0 Å². The number of ether oxygens (including phenoxy) is 1. The Balaban J connectivity index is 2.18. The van der Waals surface area contributed by atoms with Gasteiger partial charge >= 0.3 is 0 Å². The summed E-state index contributed by atoms with van der Waals surface area (Å²) in [5, 5.41) is 9.77. The summed E-state index contributed by atoms with van der Waals surface area (Å²) in [5.41, 5.74) is 1.85. The van der Waals surface area contributed by atoms with Gasteiger partial charge in [-0.25, -0.2) is 0 Å². The lowest BCUT2D eigenvalue weighted by molar-refractivity contribution is 0.190. The van der Waals surface area contributed by atoms with Gasteiger partial charge in [0.05, 0.1) is 6.10 Å². The number of rotatable bonds is 4. The number of aliphatic hydroxyl groups excluding tert-OH is 1. The fraction of sp³-hybridized carbons (Fsp3) is 0.200. The normalized spacial score (nSPS) is 12.2. The van der Waals surface area contributed by atoms with Crippen LogP contribution >= 0.6 is 31.9 Å². The van der Waals surface area contributed by atoms with Crippen LogP contribution in [0.25, 0.3) is 0 Å². The molecule has 0 heterocycles. The highest BCUT2D eigenvalue weighted by atomic mass is 79.9. The lowest BCUT2D eigenvalue weighted by Gasteiger charge is -2.14. The third kappa shape index (κ3) is 3.81. The first-order chi connectivity index (χ1) is 9.08. The van der Waals surface area contributed by atoms with Gasteiger partial charge in [0.15, 0.2) is 0 Å². The molecule has 0 aromatic heterocycles. The van der Waals surface area contributed by atoms with E-state index < -0.39 is 6.10 Å². The van der Waals surface area contributed by atoms with Crippen molar-refractivity contribution in [3.63, 3.8) is 0 Å². The Morgan fingerprint density at radius 2 is 1.89 bits per heavy atom. The molecule has 1 N–H and O–H groups in total. The van der Waals surface area contributed by atoms with E-state index in [0.717, 1.165) is 20.1 Å². The molecule has 19 heavy (non-hydrogen) atoms. The van der Waals surface area contributed by atoms with Crippen molar-refractivity contribution in [3.8, 4) is 5.75 Å². The highest BCUT2D eigenvalue weighted by Gasteiger charge is 2.10. The Kier molecular flexibility index (Phi) is 5.02. The Morgan fingerprint density at radius 1 is 1.16 bits per heavy atom. The summed E-state index contributed by atoms with van der Waals surface area (Å²) in [6.45, 7) is 2.19. The van der Waals surface area contributed by atoms with Crippen LogP contribution in [0.2, 0.25) is 0 Å². The van der Waals surface area contributed by atoms with Crippen molar-refractivity contribution >= 4 is 31.9 Å². The lowest BCUT2D eigenvalue weighted by Crippen LogP contribution is -2.01. The zero-order valence-corrected chi connectivity index (χ0v) is 13.6. The summed E-state index contributed by atoms with van der Waals surface area (Å²) < 4.78 is 7.76. The summed E-state index contributed by atoms with van der Waals surface area (Å²) in [7, 11) is 0. The second kappa shape index (κ2) is 6.55. The van der Waals surface area contributed by atoms with Crippen molar-refractivity contribution in [1.29, 1.82) is 0 Å². The minimum absolute atomic E-state index is 0.461. The summed E-state index contributed by atoms with van der Waals surface area (Å²) >= 11 is 6.89.